The van der Waals surface area contributed by atoms with Crippen molar-refractivity contribution in [1.82, 2.24) is 15.5 Å². The van der Waals surface area contributed by atoms with Crippen LogP contribution in [0.4, 0.5) is 0 Å². The van der Waals surface area contributed by atoms with Gasteiger partial charge in [-0.05, 0) is 32.6 Å². The van der Waals surface area contributed by atoms with Crippen LogP contribution in [-0.4, -0.2) is 64.3 Å². The van der Waals surface area contributed by atoms with Crippen molar-refractivity contribution >= 4 is 5.96 Å². The van der Waals surface area contributed by atoms with Gasteiger partial charge < -0.3 is 25.0 Å². The van der Waals surface area contributed by atoms with Gasteiger partial charge in [0.15, 0.2) is 17.5 Å². The first-order valence-electron chi connectivity index (χ1n) is 8.03. The summed E-state index contributed by atoms with van der Waals surface area (Å²) in [5, 5.41) is 6.57. The molecule has 6 nitrogen and oxygen atoms in total. The Labute approximate surface area is 139 Å². The number of ether oxygens (including phenoxy) is 2. The SMILES string of the molecule is CCN(C)CCNC(=NC)NCC(C)Oc1ccccc1OC. The van der Waals surface area contributed by atoms with Crippen LogP contribution >= 0.6 is 0 Å². The summed E-state index contributed by atoms with van der Waals surface area (Å²) in [6.07, 6.45) is -0.0110. The average molecular weight is 322 g/mol. The molecule has 0 amide bonds. The van der Waals surface area contributed by atoms with Crippen molar-refractivity contribution in [2.24, 2.45) is 4.99 Å². The largest absolute Gasteiger partial charge is 0.493 e. The van der Waals surface area contributed by atoms with E-state index < -0.39 is 0 Å². The summed E-state index contributed by atoms with van der Waals surface area (Å²) in [5.41, 5.74) is 0. The number of nitrogens with one attached hydrogen (secondary N) is 2. The molecule has 0 heterocycles. The molecule has 0 saturated carbocycles. The van der Waals surface area contributed by atoms with Crippen LogP contribution in [0.1, 0.15) is 13.8 Å². The van der Waals surface area contributed by atoms with Gasteiger partial charge in [0.2, 0.25) is 0 Å². The lowest BCUT2D eigenvalue weighted by Gasteiger charge is -2.20. The Kier molecular flexibility index (Phi) is 8.90. The Balaban J connectivity index is 2.37. The number of nitrogens with zero attached hydrogens (tertiary/aromatic N) is 2. The molecule has 0 aromatic heterocycles. The van der Waals surface area contributed by atoms with Gasteiger partial charge in [0.25, 0.3) is 0 Å². The molecule has 0 fully saturated rings. The third-order valence-electron chi connectivity index (χ3n) is 3.50. The Bertz CT molecular complexity index is 479. The fraction of sp³-hybridized carbons (Fsp3) is 0.588. The van der Waals surface area contributed by atoms with Gasteiger partial charge in [-0.3, -0.25) is 4.99 Å². The molecular formula is C17H30N4O2. The molecule has 23 heavy (non-hydrogen) atoms. The maximum atomic E-state index is 5.91. The third kappa shape index (κ3) is 7.23. The van der Waals surface area contributed by atoms with Crippen LogP contribution in [0.2, 0.25) is 0 Å². The maximum Gasteiger partial charge on any atom is 0.191 e. The summed E-state index contributed by atoms with van der Waals surface area (Å²) < 4.78 is 11.2. The van der Waals surface area contributed by atoms with Crippen LogP contribution in [0, 0.1) is 0 Å². The predicted molar refractivity (Wildman–Crippen MR) is 95.6 cm³/mol. The van der Waals surface area contributed by atoms with Crippen LogP contribution in [-0.2, 0) is 0 Å². The zero-order chi connectivity index (χ0) is 17.1. The minimum Gasteiger partial charge on any atom is -0.493 e. The third-order valence-corrected chi connectivity index (χ3v) is 3.50. The number of methoxy groups -OCH3 is 1. The van der Waals surface area contributed by atoms with Crippen LogP contribution in [0.15, 0.2) is 29.3 Å². The standard InChI is InChI=1S/C17H30N4O2/c1-6-21(4)12-11-19-17(18-3)20-13-14(2)23-16-10-8-7-9-15(16)22-5/h7-10,14H,6,11-13H2,1-5H3,(H2,18,19,20). The van der Waals surface area contributed by atoms with Crippen molar-refractivity contribution in [3.05, 3.63) is 24.3 Å². The average Bonchev–Trinajstić information content (AvgIpc) is 2.58. The number of para-hydroxylation sites is 2. The lowest BCUT2D eigenvalue weighted by Crippen LogP contribution is -2.44. The first kappa shape index (κ1) is 19.1. The van der Waals surface area contributed by atoms with Crippen molar-refractivity contribution in [3.63, 3.8) is 0 Å². The molecule has 6 heteroatoms. The summed E-state index contributed by atoms with van der Waals surface area (Å²) in [7, 11) is 5.51. The van der Waals surface area contributed by atoms with E-state index in [-0.39, 0.29) is 6.10 Å². The van der Waals surface area contributed by atoms with E-state index in [0.29, 0.717) is 6.54 Å². The zero-order valence-electron chi connectivity index (χ0n) is 14.9. The minimum atomic E-state index is -0.0110. The van der Waals surface area contributed by atoms with Gasteiger partial charge in [0.1, 0.15) is 6.10 Å². The fourth-order valence-corrected chi connectivity index (χ4v) is 1.96. The van der Waals surface area contributed by atoms with Gasteiger partial charge in [0.05, 0.1) is 13.7 Å². The molecule has 0 aliphatic rings. The Morgan fingerprint density at radius 3 is 2.57 bits per heavy atom. The topological polar surface area (TPSA) is 58.1 Å². The van der Waals surface area contributed by atoms with Crippen LogP contribution in [0.5, 0.6) is 11.5 Å². The molecule has 0 bridgehead atoms. The van der Waals surface area contributed by atoms with E-state index >= 15 is 0 Å². The first-order valence-corrected chi connectivity index (χ1v) is 8.03. The van der Waals surface area contributed by atoms with Crippen LogP contribution < -0.4 is 20.1 Å². The normalized spacial score (nSPS) is 12.9. The van der Waals surface area contributed by atoms with Crippen molar-refractivity contribution in [3.8, 4) is 11.5 Å². The van der Waals surface area contributed by atoms with E-state index in [1.54, 1.807) is 14.2 Å². The van der Waals surface area contributed by atoms with E-state index in [9.17, 15) is 0 Å². The molecule has 2 N–H and O–H groups in total. The van der Waals surface area contributed by atoms with Crippen molar-refractivity contribution in [2.45, 2.75) is 20.0 Å². The van der Waals surface area contributed by atoms with E-state index in [4.69, 9.17) is 9.47 Å². The lowest BCUT2D eigenvalue weighted by molar-refractivity contribution is 0.213. The zero-order valence-corrected chi connectivity index (χ0v) is 14.9. The number of rotatable bonds is 9. The fourth-order valence-electron chi connectivity index (χ4n) is 1.96. The Hall–Kier alpha value is -1.95. The molecule has 0 aliphatic carbocycles. The molecule has 0 spiro atoms. The van der Waals surface area contributed by atoms with Crippen molar-refractivity contribution in [1.29, 1.82) is 0 Å². The van der Waals surface area contributed by atoms with Gasteiger partial charge in [0, 0.05) is 20.1 Å². The number of guanidine groups is 1. The smallest absolute Gasteiger partial charge is 0.191 e. The highest BCUT2D eigenvalue weighted by molar-refractivity contribution is 5.79. The molecule has 1 aromatic carbocycles. The number of aliphatic imine (C=N–C) groups is 1. The number of benzene rings is 1. The molecule has 1 rings (SSSR count). The van der Waals surface area contributed by atoms with E-state index in [2.05, 4.69) is 34.5 Å². The highest BCUT2D eigenvalue weighted by Crippen LogP contribution is 2.26. The monoisotopic (exact) mass is 322 g/mol. The highest BCUT2D eigenvalue weighted by Gasteiger charge is 2.09. The van der Waals surface area contributed by atoms with E-state index in [1.165, 1.54) is 0 Å². The molecule has 1 unspecified atom stereocenters. The molecular weight excluding hydrogens is 292 g/mol. The van der Waals surface area contributed by atoms with E-state index in [0.717, 1.165) is 37.1 Å². The molecule has 0 saturated heterocycles. The molecule has 1 aromatic rings. The van der Waals surface area contributed by atoms with Gasteiger partial charge in [-0.2, -0.15) is 0 Å². The molecule has 130 valence electrons. The minimum absolute atomic E-state index is 0.0110. The van der Waals surface area contributed by atoms with E-state index in [1.807, 2.05) is 31.2 Å². The summed E-state index contributed by atoms with van der Waals surface area (Å²) >= 11 is 0. The summed E-state index contributed by atoms with van der Waals surface area (Å²) in [6.45, 7) is 7.68. The highest BCUT2D eigenvalue weighted by atomic mass is 16.5. The molecule has 1 atom stereocenters. The molecule has 0 radical (unpaired) electrons. The van der Waals surface area contributed by atoms with Gasteiger partial charge >= 0.3 is 0 Å². The second-order valence-corrected chi connectivity index (χ2v) is 5.36. The van der Waals surface area contributed by atoms with Crippen molar-refractivity contribution < 1.29 is 9.47 Å². The number of hydrogen-bond acceptors (Lipinski definition) is 4. The lowest BCUT2D eigenvalue weighted by atomic mass is 10.3. The first-order chi connectivity index (χ1) is 11.1. The summed E-state index contributed by atoms with van der Waals surface area (Å²) in [5.74, 6) is 2.27. The van der Waals surface area contributed by atoms with Crippen LogP contribution in [0.3, 0.4) is 0 Å². The number of likely N-dealkylation sites (N-methyl/N-ethyl adjacent to an activating group) is 1. The van der Waals surface area contributed by atoms with Gasteiger partial charge in [-0.1, -0.05) is 19.1 Å². The Morgan fingerprint density at radius 1 is 1.26 bits per heavy atom. The summed E-state index contributed by atoms with van der Waals surface area (Å²) in [4.78, 5) is 6.46. The summed E-state index contributed by atoms with van der Waals surface area (Å²) in [6, 6.07) is 7.65. The quantitative estimate of drug-likeness (QED) is 0.534. The second kappa shape index (κ2) is 10.7. The van der Waals surface area contributed by atoms with Crippen LogP contribution in [0.25, 0.3) is 0 Å². The predicted octanol–water partition coefficient (Wildman–Crippen LogP) is 1.58. The van der Waals surface area contributed by atoms with Crippen molar-refractivity contribution in [2.75, 3.05) is 47.4 Å². The second-order valence-electron chi connectivity index (χ2n) is 5.36. The maximum absolute atomic E-state index is 5.91. The van der Waals surface area contributed by atoms with Gasteiger partial charge in [-0.25, -0.2) is 0 Å². The molecule has 0 aliphatic heterocycles. The number of hydrogen-bond donors (Lipinski definition) is 2. The Morgan fingerprint density at radius 2 is 1.96 bits per heavy atom. The van der Waals surface area contributed by atoms with Gasteiger partial charge in [-0.15, -0.1) is 0 Å².